The molecule has 10 nitrogen and oxygen atoms in total. The Bertz CT molecular complexity index is 816. The van der Waals surface area contributed by atoms with Crippen molar-refractivity contribution in [1.82, 2.24) is 0 Å². The van der Waals surface area contributed by atoms with E-state index in [-0.39, 0.29) is 11.2 Å². The van der Waals surface area contributed by atoms with Crippen molar-refractivity contribution in [3.63, 3.8) is 0 Å². The van der Waals surface area contributed by atoms with Gasteiger partial charge in [-0.2, -0.15) is 8.62 Å². The van der Waals surface area contributed by atoms with Gasteiger partial charge >= 0.3 is 23.5 Å². The van der Waals surface area contributed by atoms with Crippen LogP contribution in [0.2, 0.25) is 0 Å². The van der Waals surface area contributed by atoms with Crippen LogP contribution in [0.3, 0.4) is 0 Å². The topological polar surface area (TPSA) is 160 Å². The molecule has 1 aromatic carbocycles. The van der Waals surface area contributed by atoms with Crippen LogP contribution in [0.15, 0.2) is 18.2 Å². The Hall–Kier alpha value is -0.530. The van der Waals surface area contributed by atoms with Crippen LogP contribution in [-0.4, -0.2) is 19.6 Å². The first-order chi connectivity index (χ1) is 12.6. The van der Waals surface area contributed by atoms with E-state index in [0.717, 1.165) is 36.8 Å². The largest absolute Gasteiger partial charge is 0.536 e. The van der Waals surface area contributed by atoms with E-state index in [1.165, 1.54) is 6.07 Å². The molecule has 0 fully saturated rings. The van der Waals surface area contributed by atoms with Gasteiger partial charge in [0.2, 0.25) is 0 Å². The number of hydrogen-bond donors (Lipinski definition) is 4. The van der Waals surface area contributed by atoms with Crippen molar-refractivity contribution in [1.29, 1.82) is 0 Å². The molecule has 1 aromatic rings. The second kappa shape index (κ2) is 9.52. The highest BCUT2D eigenvalue weighted by Gasteiger charge is 2.41. The van der Waals surface area contributed by atoms with Crippen molar-refractivity contribution in [2.24, 2.45) is 0 Å². The van der Waals surface area contributed by atoms with Crippen molar-refractivity contribution >= 4 is 23.5 Å². The lowest BCUT2D eigenvalue weighted by Crippen LogP contribution is -2.18. The van der Waals surface area contributed by atoms with E-state index >= 15 is 0 Å². The van der Waals surface area contributed by atoms with Crippen molar-refractivity contribution < 1.29 is 46.4 Å². The third-order valence-corrected chi connectivity index (χ3v) is 7.90. The number of hydrogen-bond acceptors (Lipinski definition) is 6. The minimum Gasteiger partial charge on any atom is -0.404 e. The Morgan fingerprint density at radius 1 is 0.964 bits per heavy atom. The molecule has 0 aliphatic heterocycles. The van der Waals surface area contributed by atoms with Gasteiger partial charge < -0.3 is 19.2 Å². The van der Waals surface area contributed by atoms with Crippen LogP contribution in [-0.2, 0) is 34.2 Å². The maximum Gasteiger partial charge on any atom is 0.536 e. The van der Waals surface area contributed by atoms with Crippen molar-refractivity contribution in [3.05, 3.63) is 29.3 Å². The monoisotopic (exact) mass is 460 g/mol. The molecule has 0 aliphatic carbocycles. The molecular formula is C15H27O10P3. The molecule has 28 heavy (non-hydrogen) atoms. The van der Waals surface area contributed by atoms with Gasteiger partial charge in [-0.05, 0) is 47.9 Å². The molecule has 0 amide bonds. The number of aryl methyl sites for hydroxylation is 1. The van der Waals surface area contributed by atoms with E-state index in [0.29, 0.717) is 0 Å². The van der Waals surface area contributed by atoms with E-state index in [1.807, 2.05) is 20.8 Å². The fourth-order valence-electron chi connectivity index (χ4n) is 2.45. The third kappa shape index (κ3) is 8.46. The van der Waals surface area contributed by atoms with Crippen LogP contribution in [0, 0.1) is 0 Å². The van der Waals surface area contributed by atoms with Crippen molar-refractivity contribution in [3.8, 4) is 5.75 Å². The van der Waals surface area contributed by atoms with E-state index in [4.69, 9.17) is 14.3 Å². The molecule has 0 heterocycles. The van der Waals surface area contributed by atoms with Crippen LogP contribution in [0.25, 0.3) is 0 Å². The first-order valence-corrected chi connectivity index (χ1v) is 13.1. The van der Waals surface area contributed by atoms with E-state index in [2.05, 4.69) is 15.5 Å². The summed E-state index contributed by atoms with van der Waals surface area (Å²) in [5.74, 6) is -0.0983. The maximum absolute atomic E-state index is 12.0. The zero-order chi connectivity index (χ0) is 21.8. The molecule has 4 N–H and O–H groups in total. The molecular weight excluding hydrogens is 433 g/mol. The average molecular weight is 460 g/mol. The summed E-state index contributed by atoms with van der Waals surface area (Å²) in [7, 11) is -16.2. The normalized spacial score (nSPS) is 17.0. The van der Waals surface area contributed by atoms with Gasteiger partial charge in [0.25, 0.3) is 0 Å². The SMILES string of the molecule is CCCCc1ccc(OP(=O)(O)OP(=O)(O)OP(=O)(O)O)cc1C(C)(C)CC. The number of phosphoric ester groups is 1. The Kier molecular flexibility index (Phi) is 8.67. The highest BCUT2D eigenvalue weighted by molar-refractivity contribution is 7.66. The molecule has 2 atom stereocenters. The van der Waals surface area contributed by atoms with E-state index < -0.39 is 23.5 Å². The molecule has 0 radical (unpaired) electrons. The van der Waals surface area contributed by atoms with Crippen molar-refractivity contribution in [2.75, 3.05) is 0 Å². The molecule has 1 rings (SSSR count). The highest BCUT2D eigenvalue weighted by atomic mass is 31.3. The second-order valence-corrected chi connectivity index (χ2v) is 11.2. The lowest BCUT2D eigenvalue weighted by atomic mass is 9.78. The molecule has 2 unspecified atom stereocenters. The zero-order valence-corrected chi connectivity index (χ0v) is 18.8. The Morgan fingerprint density at radius 2 is 1.57 bits per heavy atom. The summed E-state index contributed by atoms with van der Waals surface area (Å²) in [6, 6.07) is 4.70. The number of unbranched alkanes of at least 4 members (excludes halogenated alkanes) is 1. The summed E-state index contributed by atoms with van der Waals surface area (Å²) in [4.78, 5) is 36.1. The molecule has 0 bridgehead atoms. The van der Waals surface area contributed by atoms with Gasteiger partial charge in [0, 0.05) is 0 Å². The summed E-state index contributed by atoms with van der Waals surface area (Å²) in [6.07, 6.45) is 3.55. The molecule has 0 spiro atoms. The lowest BCUT2D eigenvalue weighted by Gasteiger charge is -2.27. The standard InChI is InChI=1S/C15H27O10P3/c1-5-7-8-12-9-10-13(11-14(12)15(3,4)6-2)23-27(19,20)25-28(21,22)24-26(16,17)18/h9-11H,5-8H2,1-4H3,(H,19,20)(H,21,22)(H2,16,17,18). The molecule has 0 saturated carbocycles. The van der Waals surface area contributed by atoms with Crippen LogP contribution < -0.4 is 4.52 Å². The fraction of sp³-hybridized carbons (Fsp3) is 0.600. The molecule has 0 saturated heterocycles. The average Bonchev–Trinajstić information content (AvgIpc) is 2.49. The van der Waals surface area contributed by atoms with Gasteiger partial charge in [0.05, 0.1) is 0 Å². The molecule has 0 aromatic heterocycles. The number of phosphoric acid groups is 3. The maximum atomic E-state index is 12.0. The van der Waals surface area contributed by atoms with E-state index in [1.54, 1.807) is 12.1 Å². The van der Waals surface area contributed by atoms with Gasteiger partial charge in [0.1, 0.15) is 5.75 Å². The summed E-state index contributed by atoms with van der Waals surface area (Å²) in [5, 5.41) is 0. The Balaban J connectivity index is 3.13. The molecule has 13 heteroatoms. The summed E-state index contributed by atoms with van der Waals surface area (Å²) < 4.78 is 46.4. The van der Waals surface area contributed by atoms with Crippen LogP contribution in [0.5, 0.6) is 5.75 Å². The van der Waals surface area contributed by atoms with E-state index in [9.17, 15) is 23.5 Å². The predicted molar refractivity (Wildman–Crippen MR) is 103 cm³/mol. The summed E-state index contributed by atoms with van der Waals surface area (Å²) in [6.45, 7) is 8.08. The molecule has 0 aliphatic rings. The van der Waals surface area contributed by atoms with Gasteiger partial charge in [-0.25, -0.2) is 13.7 Å². The quantitative estimate of drug-likeness (QED) is 0.348. The number of benzene rings is 1. The Labute approximate surface area is 164 Å². The summed E-state index contributed by atoms with van der Waals surface area (Å²) >= 11 is 0. The first kappa shape index (κ1) is 25.5. The minimum absolute atomic E-state index is 0.0983. The van der Waals surface area contributed by atoms with Gasteiger partial charge in [-0.15, -0.1) is 0 Å². The van der Waals surface area contributed by atoms with Crippen LogP contribution in [0.1, 0.15) is 58.1 Å². The predicted octanol–water partition coefficient (Wildman–Crippen LogP) is 4.42. The second-order valence-electron chi connectivity index (χ2n) is 6.84. The third-order valence-electron chi connectivity index (χ3n) is 4.13. The number of rotatable bonds is 11. The van der Waals surface area contributed by atoms with Gasteiger partial charge in [0.15, 0.2) is 0 Å². The summed E-state index contributed by atoms with van der Waals surface area (Å²) in [5.41, 5.74) is 1.67. The first-order valence-electron chi connectivity index (χ1n) is 8.57. The minimum atomic E-state index is -5.55. The fourth-order valence-corrected chi connectivity index (χ4v) is 5.47. The Morgan fingerprint density at radius 3 is 2.07 bits per heavy atom. The zero-order valence-electron chi connectivity index (χ0n) is 16.1. The van der Waals surface area contributed by atoms with Gasteiger partial charge in [-0.3, -0.25) is 4.89 Å². The van der Waals surface area contributed by atoms with Crippen LogP contribution >= 0.6 is 23.5 Å². The smallest absolute Gasteiger partial charge is 0.404 e. The highest BCUT2D eigenvalue weighted by Crippen LogP contribution is 2.66. The van der Waals surface area contributed by atoms with Crippen LogP contribution in [0.4, 0.5) is 0 Å². The lowest BCUT2D eigenvalue weighted by molar-refractivity contribution is 0.206. The molecule has 162 valence electrons. The van der Waals surface area contributed by atoms with Crippen molar-refractivity contribution in [2.45, 2.75) is 58.8 Å². The van der Waals surface area contributed by atoms with Gasteiger partial charge in [-0.1, -0.05) is 40.2 Å².